The van der Waals surface area contributed by atoms with Crippen molar-refractivity contribution >= 4 is 0 Å². The first kappa shape index (κ1) is 20.1. The lowest BCUT2D eigenvalue weighted by Crippen LogP contribution is -2.38. The van der Waals surface area contributed by atoms with Crippen LogP contribution in [0.2, 0.25) is 0 Å². The van der Waals surface area contributed by atoms with E-state index >= 15 is 0 Å². The number of rotatable bonds is 12. The van der Waals surface area contributed by atoms with Crippen molar-refractivity contribution in [1.82, 2.24) is 0 Å². The topological polar surface area (TPSA) is 86.7 Å². The van der Waals surface area contributed by atoms with Crippen LogP contribution in [-0.4, -0.2) is 40.2 Å². The standard InChI is InChI=1S/C19H33NO3/c1-2-3-4-5-6-17(22)13-16-9-7-15(8-10-16)11-12-19(23)18(20)14-21/h7-10,17-19,21-23H,2-6,11-14,20H2,1H3. The second-order valence-electron chi connectivity index (χ2n) is 6.48. The Morgan fingerprint density at radius 3 is 2.22 bits per heavy atom. The fourth-order valence-electron chi connectivity index (χ4n) is 2.67. The molecule has 0 spiro atoms. The lowest BCUT2D eigenvalue weighted by molar-refractivity contribution is 0.102. The summed E-state index contributed by atoms with van der Waals surface area (Å²) < 4.78 is 0. The molecule has 0 saturated carbocycles. The van der Waals surface area contributed by atoms with Gasteiger partial charge in [0.15, 0.2) is 0 Å². The zero-order valence-electron chi connectivity index (χ0n) is 14.3. The number of benzene rings is 1. The van der Waals surface area contributed by atoms with Gasteiger partial charge in [-0.3, -0.25) is 0 Å². The number of hydrogen-bond donors (Lipinski definition) is 4. The average molecular weight is 323 g/mol. The van der Waals surface area contributed by atoms with Crippen LogP contribution in [0.1, 0.15) is 56.6 Å². The molecule has 3 unspecified atom stereocenters. The summed E-state index contributed by atoms with van der Waals surface area (Å²) >= 11 is 0. The Labute approximate surface area is 140 Å². The molecule has 1 aromatic rings. The van der Waals surface area contributed by atoms with Gasteiger partial charge in [-0.25, -0.2) is 0 Å². The number of unbranched alkanes of at least 4 members (excludes halogenated alkanes) is 3. The fourth-order valence-corrected chi connectivity index (χ4v) is 2.67. The van der Waals surface area contributed by atoms with E-state index in [1.807, 2.05) is 24.3 Å². The number of hydrogen-bond acceptors (Lipinski definition) is 4. The molecule has 1 rings (SSSR count). The first-order valence-corrected chi connectivity index (χ1v) is 8.87. The van der Waals surface area contributed by atoms with E-state index in [0.29, 0.717) is 12.8 Å². The van der Waals surface area contributed by atoms with Crippen molar-refractivity contribution in [3.05, 3.63) is 35.4 Å². The molecular formula is C19H33NO3. The maximum atomic E-state index is 10.1. The van der Waals surface area contributed by atoms with E-state index in [4.69, 9.17) is 10.8 Å². The van der Waals surface area contributed by atoms with Crippen LogP contribution >= 0.6 is 0 Å². The van der Waals surface area contributed by atoms with E-state index in [1.165, 1.54) is 19.3 Å². The summed E-state index contributed by atoms with van der Waals surface area (Å²) in [5.74, 6) is 0. The van der Waals surface area contributed by atoms with Gasteiger partial charge in [0, 0.05) is 0 Å². The van der Waals surface area contributed by atoms with Crippen LogP contribution in [0, 0.1) is 0 Å². The number of aryl methyl sites for hydroxylation is 1. The molecule has 5 N–H and O–H groups in total. The molecule has 0 aliphatic heterocycles. The van der Waals surface area contributed by atoms with E-state index in [2.05, 4.69) is 6.92 Å². The summed E-state index contributed by atoms with van der Waals surface area (Å²) in [5, 5.41) is 28.7. The SMILES string of the molecule is CCCCCCC(O)Cc1ccc(CCC(O)C(N)CO)cc1. The highest BCUT2D eigenvalue weighted by Gasteiger charge is 2.13. The van der Waals surface area contributed by atoms with Crippen molar-refractivity contribution < 1.29 is 15.3 Å². The van der Waals surface area contributed by atoms with Gasteiger partial charge in [0.05, 0.1) is 24.9 Å². The molecule has 0 fully saturated rings. The van der Waals surface area contributed by atoms with Crippen LogP contribution in [-0.2, 0) is 12.8 Å². The highest BCUT2D eigenvalue weighted by atomic mass is 16.3. The summed E-state index contributed by atoms with van der Waals surface area (Å²) in [6, 6.07) is 7.59. The molecule has 0 aromatic heterocycles. The van der Waals surface area contributed by atoms with Gasteiger partial charge in [0.2, 0.25) is 0 Å². The largest absolute Gasteiger partial charge is 0.395 e. The van der Waals surface area contributed by atoms with E-state index in [1.54, 1.807) is 0 Å². The zero-order valence-corrected chi connectivity index (χ0v) is 14.3. The molecule has 0 saturated heterocycles. The van der Waals surface area contributed by atoms with E-state index < -0.39 is 12.1 Å². The molecule has 4 heteroatoms. The lowest BCUT2D eigenvalue weighted by atomic mass is 9.99. The molecule has 132 valence electrons. The van der Waals surface area contributed by atoms with Crippen LogP contribution in [0.3, 0.4) is 0 Å². The minimum Gasteiger partial charge on any atom is -0.395 e. The zero-order chi connectivity index (χ0) is 17.1. The van der Waals surface area contributed by atoms with Crippen LogP contribution in [0.25, 0.3) is 0 Å². The number of nitrogens with two attached hydrogens (primary N) is 1. The monoisotopic (exact) mass is 323 g/mol. The first-order chi connectivity index (χ1) is 11.1. The molecule has 23 heavy (non-hydrogen) atoms. The molecule has 0 aliphatic carbocycles. The number of aliphatic hydroxyl groups is 3. The summed E-state index contributed by atoms with van der Waals surface area (Å²) in [5.41, 5.74) is 7.87. The van der Waals surface area contributed by atoms with Crippen LogP contribution in [0.4, 0.5) is 0 Å². The molecule has 4 nitrogen and oxygen atoms in total. The highest BCUT2D eigenvalue weighted by molar-refractivity contribution is 5.23. The molecule has 0 heterocycles. The van der Waals surface area contributed by atoms with Crippen molar-refractivity contribution in [2.24, 2.45) is 5.73 Å². The molecule has 3 atom stereocenters. The Hall–Kier alpha value is -0.940. The van der Waals surface area contributed by atoms with Crippen LogP contribution < -0.4 is 5.73 Å². The number of aliphatic hydroxyl groups excluding tert-OH is 3. The molecule has 1 aromatic carbocycles. The van der Waals surface area contributed by atoms with Gasteiger partial charge >= 0.3 is 0 Å². The third-order valence-electron chi connectivity index (χ3n) is 4.32. The molecule has 0 aliphatic rings. The van der Waals surface area contributed by atoms with Gasteiger partial charge in [-0.05, 0) is 36.8 Å². The summed E-state index contributed by atoms with van der Waals surface area (Å²) in [7, 11) is 0. The minimum atomic E-state index is -0.676. The maximum Gasteiger partial charge on any atom is 0.0716 e. The summed E-state index contributed by atoms with van der Waals surface area (Å²) in [6.07, 6.45) is 6.66. The second-order valence-corrected chi connectivity index (χ2v) is 6.48. The predicted molar refractivity (Wildman–Crippen MR) is 94.3 cm³/mol. The predicted octanol–water partition coefficient (Wildman–Crippen LogP) is 2.17. The van der Waals surface area contributed by atoms with Crippen molar-refractivity contribution in [3.63, 3.8) is 0 Å². The van der Waals surface area contributed by atoms with Gasteiger partial charge in [0.25, 0.3) is 0 Å². The molecule has 0 amide bonds. The Morgan fingerprint density at radius 1 is 0.957 bits per heavy atom. The van der Waals surface area contributed by atoms with E-state index in [0.717, 1.165) is 30.4 Å². The Balaban J connectivity index is 2.32. The molecule has 0 radical (unpaired) electrons. The Bertz CT molecular complexity index is 408. The van der Waals surface area contributed by atoms with Crippen molar-refractivity contribution in [2.75, 3.05) is 6.61 Å². The normalized spacial score (nSPS) is 15.3. The van der Waals surface area contributed by atoms with Gasteiger partial charge in [-0.15, -0.1) is 0 Å². The Kier molecular flexibility index (Phi) is 10.1. The summed E-state index contributed by atoms with van der Waals surface area (Å²) in [4.78, 5) is 0. The Morgan fingerprint density at radius 2 is 1.61 bits per heavy atom. The van der Waals surface area contributed by atoms with Crippen molar-refractivity contribution in [3.8, 4) is 0 Å². The third-order valence-corrected chi connectivity index (χ3v) is 4.32. The minimum absolute atomic E-state index is 0.198. The van der Waals surface area contributed by atoms with Gasteiger partial charge in [-0.1, -0.05) is 56.9 Å². The first-order valence-electron chi connectivity index (χ1n) is 8.87. The van der Waals surface area contributed by atoms with Crippen LogP contribution in [0.5, 0.6) is 0 Å². The maximum absolute atomic E-state index is 10.1. The highest BCUT2D eigenvalue weighted by Crippen LogP contribution is 2.13. The smallest absolute Gasteiger partial charge is 0.0716 e. The summed E-state index contributed by atoms with van der Waals surface area (Å²) in [6.45, 7) is 1.99. The van der Waals surface area contributed by atoms with Crippen molar-refractivity contribution in [1.29, 1.82) is 0 Å². The van der Waals surface area contributed by atoms with E-state index in [-0.39, 0.29) is 12.7 Å². The third kappa shape index (κ3) is 8.47. The lowest BCUT2D eigenvalue weighted by Gasteiger charge is -2.16. The molecule has 0 bridgehead atoms. The fraction of sp³-hybridized carbons (Fsp3) is 0.684. The quantitative estimate of drug-likeness (QED) is 0.444. The second kappa shape index (κ2) is 11.6. The molecular weight excluding hydrogens is 290 g/mol. The van der Waals surface area contributed by atoms with Gasteiger partial charge in [0.1, 0.15) is 0 Å². The average Bonchev–Trinajstić information content (AvgIpc) is 2.57. The van der Waals surface area contributed by atoms with E-state index in [9.17, 15) is 10.2 Å². The van der Waals surface area contributed by atoms with Gasteiger partial charge < -0.3 is 21.1 Å². The van der Waals surface area contributed by atoms with Crippen LogP contribution in [0.15, 0.2) is 24.3 Å². The van der Waals surface area contributed by atoms with Gasteiger partial charge in [-0.2, -0.15) is 0 Å². The van der Waals surface area contributed by atoms with Crippen molar-refractivity contribution in [2.45, 2.75) is 76.5 Å².